The fraction of sp³-hybridized carbons (Fsp3) is 0.292. The maximum atomic E-state index is 12.4. The van der Waals surface area contributed by atoms with Gasteiger partial charge < -0.3 is 15.1 Å². The largest absolute Gasteiger partial charge is 0.368 e. The predicted molar refractivity (Wildman–Crippen MR) is 118 cm³/mol. The van der Waals surface area contributed by atoms with Crippen LogP contribution >= 0.6 is 0 Å². The first-order chi connectivity index (χ1) is 14.5. The summed E-state index contributed by atoms with van der Waals surface area (Å²) >= 11 is 0. The van der Waals surface area contributed by atoms with E-state index in [0.29, 0.717) is 25.2 Å². The number of anilines is 1. The molecule has 1 N–H and O–H groups in total. The van der Waals surface area contributed by atoms with Gasteiger partial charge in [0.2, 0.25) is 11.8 Å². The molecule has 0 unspecified atom stereocenters. The predicted octanol–water partition coefficient (Wildman–Crippen LogP) is 2.76. The van der Waals surface area contributed by atoms with E-state index in [4.69, 9.17) is 0 Å². The van der Waals surface area contributed by atoms with Gasteiger partial charge in [-0.2, -0.15) is 0 Å². The molecule has 1 aliphatic heterocycles. The van der Waals surface area contributed by atoms with Gasteiger partial charge in [0, 0.05) is 56.5 Å². The van der Waals surface area contributed by atoms with Crippen molar-refractivity contribution < 1.29 is 14.4 Å². The molecule has 156 valence electrons. The Hall–Kier alpha value is -3.41. The lowest BCUT2D eigenvalue weighted by molar-refractivity contribution is -0.131. The molecule has 0 atom stereocenters. The fourth-order valence-electron chi connectivity index (χ4n) is 3.37. The van der Waals surface area contributed by atoms with Crippen molar-refractivity contribution in [2.45, 2.75) is 13.3 Å². The molecule has 1 saturated heterocycles. The summed E-state index contributed by atoms with van der Waals surface area (Å²) in [6.07, 6.45) is 3.52. The average molecular weight is 405 g/mol. The van der Waals surface area contributed by atoms with Crippen molar-refractivity contribution in [3.63, 3.8) is 0 Å². The van der Waals surface area contributed by atoms with Crippen molar-refractivity contribution in [1.29, 1.82) is 0 Å². The lowest BCUT2D eigenvalue weighted by Crippen LogP contribution is -2.49. The van der Waals surface area contributed by atoms with E-state index in [9.17, 15) is 14.4 Å². The summed E-state index contributed by atoms with van der Waals surface area (Å²) in [6, 6.07) is 17.2. The number of benzene rings is 2. The molecule has 0 saturated carbocycles. The highest BCUT2D eigenvalue weighted by atomic mass is 16.2. The van der Waals surface area contributed by atoms with E-state index in [1.807, 2.05) is 59.5 Å². The van der Waals surface area contributed by atoms with Gasteiger partial charge in [-0.15, -0.1) is 0 Å². The van der Waals surface area contributed by atoms with Crippen LogP contribution in [0.2, 0.25) is 0 Å². The van der Waals surface area contributed by atoms with Crippen molar-refractivity contribution in [2.75, 3.05) is 37.6 Å². The van der Waals surface area contributed by atoms with E-state index in [2.05, 4.69) is 10.2 Å². The van der Waals surface area contributed by atoms with E-state index in [0.717, 1.165) is 24.3 Å². The highest BCUT2D eigenvalue weighted by molar-refractivity contribution is 5.94. The maximum absolute atomic E-state index is 12.4. The molecule has 3 rings (SSSR count). The van der Waals surface area contributed by atoms with Crippen molar-refractivity contribution in [3.8, 4) is 0 Å². The van der Waals surface area contributed by atoms with Gasteiger partial charge in [-0.1, -0.05) is 30.3 Å². The third-order valence-electron chi connectivity index (χ3n) is 5.14. The van der Waals surface area contributed by atoms with E-state index in [-0.39, 0.29) is 24.0 Å². The van der Waals surface area contributed by atoms with Crippen LogP contribution in [0.4, 0.5) is 5.69 Å². The van der Waals surface area contributed by atoms with E-state index in [1.54, 1.807) is 13.0 Å². The Bertz CT molecular complexity index is 899. The molecule has 0 radical (unpaired) electrons. The van der Waals surface area contributed by atoms with E-state index < -0.39 is 0 Å². The van der Waals surface area contributed by atoms with Crippen molar-refractivity contribution in [2.24, 2.45) is 0 Å². The van der Waals surface area contributed by atoms with Crippen LogP contribution in [0.25, 0.3) is 6.08 Å². The van der Waals surface area contributed by atoms with Gasteiger partial charge in [0.1, 0.15) is 0 Å². The molecule has 2 amide bonds. The number of amides is 2. The van der Waals surface area contributed by atoms with Gasteiger partial charge in [-0.25, -0.2) is 0 Å². The van der Waals surface area contributed by atoms with Crippen LogP contribution in [-0.4, -0.2) is 55.2 Å². The molecule has 0 bridgehead atoms. The zero-order valence-corrected chi connectivity index (χ0v) is 17.2. The number of nitrogens with one attached hydrogen (secondary N) is 1. The summed E-state index contributed by atoms with van der Waals surface area (Å²) in [6.45, 7) is 4.67. The average Bonchev–Trinajstić information content (AvgIpc) is 2.78. The number of Topliss-reactive ketones (excluding diaryl/α,β-unsaturated/α-hetero) is 1. The Balaban J connectivity index is 1.38. The maximum Gasteiger partial charge on any atom is 0.244 e. The zero-order valence-electron chi connectivity index (χ0n) is 17.2. The molecule has 6 nitrogen and oxygen atoms in total. The number of rotatable bonds is 7. The zero-order chi connectivity index (χ0) is 21.3. The number of carbonyl (C=O) groups excluding carboxylic acids is 3. The van der Waals surface area contributed by atoms with Gasteiger partial charge in [0.05, 0.1) is 0 Å². The fourth-order valence-corrected chi connectivity index (χ4v) is 3.37. The van der Waals surface area contributed by atoms with Gasteiger partial charge in [-0.3, -0.25) is 14.4 Å². The molecule has 1 aliphatic rings. The lowest BCUT2D eigenvalue weighted by Gasteiger charge is -2.36. The lowest BCUT2D eigenvalue weighted by atomic mass is 10.1. The van der Waals surface area contributed by atoms with Crippen LogP contribution in [-0.2, 0) is 9.59 Å². The van der Waals surface area contributed by atoms with Crippen molar-refractivity contribution >= 4 is 29.4 Å². The molecular weight excluding hydrogens is 378 g/mol. The van der Waals surface area contributed by atoms with Crippen molar-refractivity contribution in [1.82, 2.24) is 10.2 Å². The van der Waals surface area contributed by atoms with Gasteiger partial charge in [0.25, 0.3) is 0 Å². The van der Waals surface area contributed by atoms with Crippen LogP contribution < -0.4 is 10.2 Å². The Labute approximate surface area is 177 Å². The number of piperazine rings is 1. The molecule has 2 aromatic carbocycles. The van der Waals surface area contributed by atoms with Crippen molar-refractivity contribution in [3.05, 3.63) is 71.8 Å². The third kappa shape index (κ3) is 6.04. The summed E-state index contributed by atoms with van der Waals surface area (Å²) in [5, 5.41) is 2.76. The number of carbonyl (C=O) groups is 3. The molecule has 0 spiro atoms. The minimum atomic E-state index is -0.203. The van der Waals surface area contributed by atoms with Crippen LogP contribution in [0, 0.1) is 0 Å². The van der Waals surface area contributed by atoms with Crippen LogP contribution in [0.3, 0.4) is 0 Å². The first-order valence-corrected chi connectivity index (χ1v) is 10.2. The number of hydrogen-bond donors (Lipinski definition) is 1. The highest BCUT2D eigenvalue weighted by Gasteiger charge is 2.21. The van der Waals surface area contributed by atoms with Crippen LogP contribution in [0.1, 0.15) is 29.3 Å². The summed E-state index contributed by atoms with van der Waals surface area (Å²) in [4.78, 5) is 39.8. The minimum absolute atomic E-state index is 0.0499. The molecule has 1 heterocycles. The molecule has 0 aliphatic carbocycles. The Kier molecular flexibility index (Phi) is 7.38. The van der Waals surface area contributed by atoms with Gasteiger partial charge >= 0.3 is 0 Å². The van der Waals surface area contributed by atoms with E-state index >= 15 is 0 Å². The number of hydrogen-bond acceptors (Lipinski definition) is 4. The van der Waals surface area contributed by atoms with E-state index in [1.165, 1.54) is 6.08 Å². The second kappa shape index (κ2) is 10.4. The van der Waals surface area contributed by atoms with Crippen LogP contribution in [0.15, 0.2) is 60.7 Å². The summed E-state index contributed by atoms with van der Waals surface area (Å²) in [5.74, 6) is -0.0981. The number of ketones is 1. The van der Waals surface area contributed by atoms with Gasteiger partial charge in [0.15, 0.2) is 5.78 Å². The molecule has 1 fully saturated rings. The quantitative estimate of drug-likeness (QED) is 0.568. The Morgan fingerprint density at radius 2 is 1.60 bits per heavy atom. The highest BCUT2D eigenvalue weighted by Crippen LogP contribution is 2.18. The second-order valence-corrected chi connectivity index (χ2v) is 7.26. The first kappa shape index (κ1) is 21.3. The standard InChI is InChI=1S/C24H27N3O3/c1-19(28)21-8-10-22(11-9-21)26-15-17-27(18-16-26)24(30)13-14-25-23(29)12-7-20-5-3-2-4-6-20/h2-12H,13-18H2,1H3,(H,25,29)/b12-7+. The minimum Gasteiger partial charge on any atom is -0.368 e. The third-order valence-corrected chi connectivity index (χ3v) is 5.14. The topological polar surface area (TPSA) is 69.7 Å². The summed E-state index contributed by atoms with van der Waals surface area (Å²) in [7, 11) is 0. The summed E-state index contributed by atoms with van der Waals surface area (Å²) < 4.78 is 0. The molecule has 0 aromatic heterocycles. The Morgan fingerprint density at radius 3 is 2.23 bits per heavy atom. The van der Waals surface area contributed by atoms with Crippen LogP contribution in [0.5, 0.6) is 0 Å². The molecular formula is C24H27N3O3. The SMILES string of the molecule is CC(=O)c1ccc(N2CCN(C(=O)CCNC(=O)/C=C/c3ccccc3)CC2)cc1. The van der Waals surface area contributed by atoms with Gasteiger partial charge in [-0.05, 0) is 42.8 Å². The monoisotopic (exact) mass is 405 g/mol. The number of nitrogens with zero attached hydrogens (tertiary/aromatic N) is 2. The summed E-state index contributed by atoms with van der Waals surface area (Å²) in [5.41, 5.74) is 2.72. The molecule has 6 heteroatoms. The first-order valence-electron chi connectivity index (χ1n) is 10.2. The Morgan fingerprint density at radius 1 is 0.933 bits per heavy atom. The smallest absolute Gasteiger partial charge is 0.244 e. The second-order valence-electron chi connectivity index (χ2n) is 7.26. The molecule has 30 heavy (non-hydrogen) atoms. The normalized spacial score (nSPS) is 14.0. The molecule has 2 aromatic rings.